The highest BCUT2D eigenvalue weighted by Crippen LogP contribution is 2.41. The first-order chi connectivity index (χ1) is 21.8. The van der Waals surface area contributed by atoms with Crippen LogP contribution >= 0.6 is 0 Å². The molecule has 232 valence electrons. The van der Waals surface area contributed by atoms with Crippen LogP contribution in [0.2, 0.25) is 0 Å². The maximum absolute atomic E-state index is 15.5. The number of terminal acetylenes is 1. The molecule has 3 aromatic carbocycles. The Bertz CT molecular complexity index is 1610. The second-order valence-corrected chi connectivity index (χ2v) is 11.2. The van der Waals surface area contributed by atoms with Gasteiger partial charge in [0.25, 0.3) is 0 Å². The molecule has 0 amide bonds. The molecule has 3 aromatic rings. The maximum atomic E-state index is 15.5. The highest BCUT2D eigenvalue weighted by molar-refractivity contribution is 6.00. The summed E-state index contributed by atoms with van der Waals surface area (Å²) in [5, 5.41) is 6.58. The number of hydrogen-bond acceptors (Lipinski definition) is 7. The average molecular weight is 608 g/mol. The van der Waals surface area contributed by atoms with Gasteiger partial charge in [-0.1, -0.05) is 72.7 Å². The molecule has 0 bridgehead atoms. The van der Waals surface area contributed by atoms with E-state index in [4.69, 9.17) is 15.9 Å². The van der Waals surface area contributed by atoms with E-state index in [1.54, 1.807) is 19.9 Å². The van der Waals surface area contributed by atoms with Crippen LogP contribution in [0.3, 0.4) is 0 Å². The highest BCUT2D eigenvalue weighted by Gasteiger charge is 2.40. The zero-order valence-corrected chi connectivity index (χ0v) is 25.8. The summed E-state index contributed by atoms with van der Waals surface area (Å²) in [6.07, 6.45) is 6.31. The van der Waals surface area contributed by atoms with Crippen LogP contribution < -0.4 is 10.6 Å². The summed E-state index contributed by atoms with van der Waals surface area (Å²) < 4.78 is 26.4. The second-order valence-electron chi connectivity index (χ2n) is 11.2. The van der Waals surface area contributed by atoms with Crippen molar-refractivity contribution >= 4 is 11.9 Å². The third kappa shape index (κ3) is 6.70. The highest BCUT2D eigenvalue weighted by atomic mass is 19.1. The lowest BCUT2D eigenvalue weighted by Gasteiger charge is -2.42. The van der Waals surface area contributed by atoms with Crippen molar-refractivity contribution in [2.24, 2.45) is 0 Å². The number of nitrogens with zero attached hydrogens (tertiary/aromatic N) is 1. The number of benzene rings is 3. The van der Waals surface area contributed by atoms with Gasteiger partial charge in [0.05, 0.1) is 36.8 Å². The van der Waals surface area contributed by atoms with Crippen LogP contribution in [0.1, 0.15) is 54.5 Å². The number of esters is 2. The van der Waals surface area contributed by atoms with Crippen molar-refractivity contribution in [3.05, 3.63) is 129 Å². The Labute approximate surface area is 264 Å². The minimum absolute atomic E-state index is 0.0334. The van der Waals surface area contributed by atoms with Crippen LogP contribution in [-0.2, 0) is 19.1 Å². The molecular formula is C37H38FN3O4. The fraction of sp³-hybridized carbons (Fsp3) is 0.297. The number of carbonyl (C=O) groups excluding carboxylic acids is 2. The van der Waals surface area contributed by atoms with E-state index in [9.17, 15) is 9.59 Å². The number of halogens is 1. The third-order valence-corrected chi connectivity index (χ3v) is 8.52. The number of nitrogens with one attached hydrogen (secondary N) is 2. The van der Waals surface area contributed by atoms with Gasteiger partial charge in [-0.25, -0.2) is 14.0 Å². The summed E-state index contributed by atoms with van der Waals surface area (Å²) >= 11 is 0. The molecule has 1 fully saturated rings. The lowest BCUT2D eigenvalue weighted by molar-refractivity contribution is -0.140. The molecule has 0 spiro atoms. The molecule has 45 heavy (non-hydrogen) atoms. The Balaban J connectivity index is 1.41. The largest absolute Gasteiger partial charge is 0.466 e. The molecule has 8 heteroatoms. The van der Waals surface area contributed by atoms with Gasteiger partial charge in [0.15, 0.2) is 0 Å². The van der Waals surface area contributed by atoms with Gasteiger partial charge in [-0.05, 0) is 43.5 Å². The number of ether oxygens (including phenoxy) is 2. The fourth-order valence-corrected chi connectivity index (χ4v) is 6.49. The number of piperazine rings is 1. The SMILES string of the molecule is C#Cc1cccc(F)c1C1C(C(=O)OC)=C(C)NC(C)=C1C(=O)OCCC1CNCCN1C(c1ccccc1)c1ccccc1. The van der Waals surface area contributed by atoms with E-state index in [2.05, 4.69) is 70.0 Å². The molecule has 0 saturated carbocycles. The quantitative estimate of drug-likeness (QED) is 0.255. The van der Waals surface area contributed by atoms with E-state index < -0.39 is 23.7 Å². The van der Waals surface area contributed by atoms with E-state index >= 15 is 4.39 Å². The van der Waals surface area contributed by atoms with Gasteiger partial charge < -0.3 is 20.1 Å². The van der Waals surface area contributed by atoms with Gasteiger partial charge in [-0.3, -0.25) is 4.90 Å². The van der Waals surface area contributed by atoms with Crippen molar-refractivity contribution in [3.63, 3.8) is 0 Å². The van der Waals surface area contributed by atoms with E-state index in [0.29, 0.717) is 17.8 Å². The van der Waals surface area contributed by atoms with Crippen molar-refractivity contribution in [2.75, 3.05) is 33.4 Å². The summed E-state index contributed by atoms with van der Waals surface area (Å²) in [5.74, 6) is -0.561. The number of dihydropyridines is 1. The predicted molar refractivity (Wildman–Crippen MR) is 171 cm³/mol. The van der Waals surface area contributed by atoms with E-state index in [-0.39, 0.29) is 41.0 Å². The van der Waals surface area contributed by atoms with Crippen molar-refractivity contribution < 1.29 is 23.5 Å². The number of allylic oxidation sites excluding steroid dienone is 2. The first kappa shape index (κ1) is 31.7. The van der Waals surface area contributed by atoms with Crippen LogP contribution in [0.5, 0.6) is 0 Å². The lowest BCUT2D eigenvalue weighted by atomic mass is 9.78. The second kappa shape index (κ2) is 14.4. The van der Waals surface area contributed by atoms with Crippen LogP contribution in [0.4, 0.5) is 4.39 Å². The summed E-state index contributed by atoms with van der Waals surface area (Å²) in [4.78, 5) is 29.4. The zero-order valence-electron chi connectivity index (χ0n) is 25.8. The van der Waals surface area contributed by atoms with Crippen molar-refractivity contribution in [3.8, 4) is 12.3 Å². The van der Waals surface area contributed by atoms with Crippen molar-refractivity contribution in [1.29, 1.82) is 0 Å². The standard InChI is InChI=1S/C37H38FN3O4/c1-5-26-17-12-18-30(38)33(26)34-31(36(42)44-4)24(2)40-25(3)32(34)37(43)45-22-19-29-23-39-20-21-41(29)35(27-13-8-6-9-14-27)28-15-10-7-11-16-28/h1,6-18,29,34-35,39-40H,19-23H2,2-4H3. The van der Waals surface area contributed by atoms with Crippen molar-refractivity contribution in [1.82, 2.24) is 15.5 Å². The van der Waals surface area contributed by atoms with E-state index in [0.717, 1.165) is 19.6 Å². The third-order valence-electron chi connectivity index (χ3n) is 8.52. The van der Waals surface area contributed by atoms with Crippen LogP contribution in [-0.4, -0.2) is 56.2 Å². The van der Waals surface area contributed by atoms with Crippen LogP contribution in [0.15, 0.2) is 101 Å². The lowest BCUT2D eigenvalue weighted by Crippen LogP contribution is -2.53. The molecule has 0 radical (unpaired) electrons. The molecule has 2 aliphatic heterocycles. The summed E-state index contributed by atoms with van der Waals surface area (Å²) in [6, 6.07) is 25.3. The first-order valence-electron chi connectivity index (χ1n) is 15.1. The van der Waals surface area contributed by atoms with Gasteiger partial charge in [0, 0.05) is 48.2 Å². The first-order valence-corrected chi connectivity index (χ1v) is 15.1. The van der Waals surface area contributed by atoms with E-state index in [1.807, 2.05) is 12.1 Å². The molecule has 2 heterocycles. The minimum atomic E-state index is -1.10. The fourth-order valence-electron chi connectivity index (χ4n) is 6.49. The van der Waals surface area contributed by atoms with Gasteiger partial charge in [-0.2, -0.15) is 0 Å². The Morgan fingerprint density at radius 1 is 0.956 bits per heavy atom. The molecule has 2 aliphatic rings. The molecule has 2 atom stereocenters. The van der Waals surface area contributed by atoms with Gasteiger partial charge in [-0.15, -0.1) is 6.42 Å². The maximum Gasteiger partial charge on any atom is 0.336 e. The number of hydrogen-bond donors (Lipinski definition) is 2. The van der Waals surface area contributed by atoms with Crippen molar-refractivity contribution in [2.45, 2.75) is 38.3 Å². The predicted octanol–water partition coefficient (Wildman–Crippen LogP) is 5.21. The summed E-state index contributed by atoms with van der Waals surface area (Å²) in [5.41, 5.74) is 3.81. The zero-order chi connectivity index (χ0) is 31.9. The number of carbonyl (C=O) groups is 2. The number of methoxy groups -OCH3 is 1. The average Bonchev–Trinajstić information content (AvgIpc) is 3.05. The smallest absolute Gasteiger partial charge is 0.336 e. The summed E-state index contributed by atoms with van der Waals surface area (Å²) in [6.45, 7) is 5.90. The number of rotatable bonds is 9. The normalized spacial score (nSPS) is 18.8. The summed E-state index contributed by atoms with van der Waals surface area (Å²) in [7, 11) is 1.24. The molecular weight excluding hydrogens is 569 g/mol. The molecule has 1 saturated heterocycles. The van der Waals surface area contributed by atoms with Crippen LogP contribution in [0, 0.1) is 18.2 Å². The molecule has 5 rings (SSSR count). The Morgan fingerprint density at radius 2 is 1.58 bits per heavy atom. The molecule has 2 N–H and O–H groups in total. The van der Waals surface area contributed by atoms with Gasteiger partial charge >= 0.3 is 11.9 Å². The van der Waals surface area contributed by atoms with E-state index in [1.165, 1.54) is 30.4 Å². The molecule has 0 aliphatic carbocycles. The topological polar surface area (TPSA) is 79.9 Å². The van der Waals surface area contributed by atoms with Crippen LogP contribution in [0.25, 0.3) is 0 Å². The molecule has 0 aromatic heterocycles. The molecule has 7 nitrogen and oxygen atoms in total. The Hall–Kier alpha value is -4.71. The van der Waals surface area contributed by atoms with Gasteiger partial charge in [0.2, 0.25) is 0 Å². The minimum Gasteiger partial charge on any atom is -0.466 e. The Kier molecular flexibility index (Phi) is 10.1. The van der Waals surface area contributed by atoms with Gasteiger partial charge in [0.1, 0.15) is 5.82 Å². The Morgan fingerprint density at radius 3 is 2.18 bits per heavy atom. The molecule has 2 unspecified atom stereocenters. The monoisotopic (exact) mass is 607 g/mol.